The lowest BCUT2D eigenvalue weighted by Gasteiger charge is -2.34. The molecule has 0 N–H and O–H groups in total. The van der Waals surface area contributed by atoms with Crippen LogP contribution in [-0.4, -0.2) is 53.4 Å². The highest BCUT2D eigenvalue weighted by Gasteiger charge is 2.31. The van der Waals surface area contributed by atoms with Gasteiger partial charge in [0.1, 0.15) is 11.4 Å². The van der Waals surface area contributed by atoms with Crippen molar-refractivity contribution >= 4 is 17.7 Å². The number of hydrogen-bond acceptors (Lipinski definition) is 5. The fraction of sp³-hybridized carbons (Fsp3) is 0.500. The molecule has 1 amide bonds. The fourth-order valence-corrected chi connectivity index (χ4v) is 4.85. The van der Waals surface area contributed by atoms with Crippen molar-refractivity contribution in [1.82, 2.24) is 9.47 Å². The minimum absolute atomic E-state index is 0.0172. The Kier molecular flexibility index (Phi) is 8.31. The van der Waals surface area contributed by atoms with E-state index in [0.717, 1.165) is 37.8 Å². The Morgan fingerprint density at radius 3 is 2.33 bits per heavy atom. The zero-order chi connectivity index (χ0) is 24.0. The number of para-hydroxylation sites is 1. The number of rotatable bonds is 9. The highest BCUT2D eigenvalue weighted by Crippen LogP contribution is 2.27. The molecule has 0 saturated heterocycles. The molecule has 0 aliphatic heterocycles. The highest BCUT2D eigenvalue weighted by atomic mass is 16.5. The van der Waals surface area contributed by atoms with E-state index in [4.69, 9.17) is 9.47 Å². The van der Waals surface area contributed by atoms with Crippen LogP contribution in [0.5, 0.6) is 5.75 Å². The summed E-state index contributed by atoms with van der Waals surface area (Å²) in [6.07, 6.45) is 4.99. The largest absolute Gasteiger partial charge is 0.484 e. The van der Waals surface area contributed by atoms with Crippen LogP contribution in [0.25, 0.3) is 0 Å². The van der Waals surface area contributed by atoms with Crippen LogP contribution in [0.1, 0.15) is 71.1 Å². The Morgan fingerprint density at radius 1 is 1.06 bits per heavy atom. The van der Waals surface area contributed by atoms with E-state index in [0.29, 0.717) is 29.1 Å². The molecule has 7 heteroatoms. The van der Waals surface area contributed by atoms with Crippen LogP contribution >= 0.6 is 0 Å². The lowest BCUT2D eigenvalue weighted by Crippen LogP contribution is -2.46. The van der Waals surface area contributed by atoms with Gasteiger partial charge in [0.15, 0.2) is 12.4 Å². The van der Waals surface area contributed by atoms with Gasteiger partial charge in [-0.15, -0.1) is 0 Å². The Morgan fingerprint density at radius 2 is 1.73 bits per heavy atom. The Hall–Kier alpha value is -3.09. The molecule has 0 atom stereocenters. The van der Waals surface area contributed by atoms with Crippen LogP contribution in [0.3, 0.4) is 0 Å². The highest BCUT2D eigenvalue weighted by molar-refractivity contribution is 6.04. The summed E-state index contributed by atoms with van der Waals surface area (Å²) >= 11 is 0. The van der Waals surface area contributed by atoms with Crippen LogP contribution in [-0.2, 0) is 16.1 Å². The number of amides is 1. The first-order valence-electron chi connectivity index (χ1n) is 11.7. The molecule has 1 fully saturated rings. The van der Waals surface area contributed by atoms with Crippen molar-refractivity contribution < 1.29 is 23.9 Å². The Balaban J connectivity index is 1.85. The predicted molar refractivity (Wildman–Crippen MR) is 126 cm³/mol. The average molecular weight is 455 g/mol. The minimum Gasteiger partial charge on any atom is -0.484 e. The van der Waals surface area contributed by atoms with Crippen LogP contribution in [0.4, 0.5) is 0 Å². The molecule has 1 aliphatic rings. The first kappa shape index (κ1) is 24.6. The maximum absolute atomic E-state index is 13.5. The third kappa shape index (κ3) is 5.46. The molecule has 1 aliphatic carbocycles. The van der Waals surface area contributed by atoms with E-state index >= 15 is 0 Å². The van der Waals surface area contributed by atoms with Crippen LogP contribution in [0.15, 0.2) is 30.3 Å². The number of methoxy groups -OCH3 is 1. The predicted octanol–water partition coefficient (Wildman–Crippen LogP) is 4.33. The second-order valence-electron chi connectivity index (χ2n) is 8.51. The number of hydrogen-bond donors (Lipinski definition) is 0. The average Bonchev–Trinajstić information content (AvgIpc) is 3.10. The van der Waals surface area contributed by atoms with Gasteiger partial charge in [0.25, 0.3) is 5.91 Å². The number of carbonyl (C=O) groups excluding carboxylic acids is 3. The zero-order valence-corrected chi connectivity index (χ0v) is 20.1. The SMILES string of the molecule is CCn1c(C)c(C(=O)CN(C(=O)COc2ccccc2)C2CCCCC2)c(C)c1C(=O)OC. The molecule has 1 heterocycles. The van der Waals surface area contributed by atoms with E-state index in [9.17, 15) is 14.4 Å². The van der Waals surface area contributed by atoms with Gasteiger partial charge in [-0.25, -0.2) is 4.79 Å². The summed E-state index contributed by atoms with van der Waals surface area (Å²) in [5.74, 6) is -0.207. The number of ether oxygens (including phenoxy) is 2. The van der Waals surface area contributed by atoms with Gasteiger partial charge in [-0.2, -0.15) is 0 Å². The summed E-state index contributed by atoms with van der Waals surface area (Å²) in [5.41, 5.74) is 2.21. The molecular weight excluding hydrogens is 420 g/mol. The van der Waals surface area contributed by atoms with Crippen LogP contribution < -0.4 is 4.74 Å². The van der Waals surface area contributed by atoms with Crippen molar-refractivity contribution in [3.63, 3.8) is 0 Å². The Labute approximate surface area is 195 Å². The molecule has 3 rings (SSSR count). The summed E-state index contributed by atoms with van der Waals surface area (Å²) in [7, 11) is 1.34. The number of carbonyl (C=O) groups is 3. The van der Waals surface area contributed by atoms with E-state index < -0.39 is 5.97 Å². The summed E-state index contributed by atoms with van der Waals surface area (Å²) in [6.45, 7) is 5.92. The standard InChI is InChI=1S/C26H34N2O5/c1-5-27-19(3)24(18(2)25(27)26(31)32-4)22(29)16-28(20-12-8-6-9-13-20)23(30)17-33-21-14-10-7-11-15-21/h7,10-11,14-15,20H,5-6,8-9,12-13,16-17H2,1-4H3. The number of esters is 1. The normalized spacial score (nSPS) is 14.1. The van der Waals surface area contributed by atoms with E-state index in [1.807, 2.05) is 32.0 Å². The van der Waals surface area contributed by atoms with Crippen molar-refractivity contribution in [2.75, 3.05) is 20.3 Å². The van der Waals surface area contributed by atoms with Crippen molar-refractivity contribution in [3.8, 4) is 5.75 Å². The second kappa shape index (κ2) is 11.2. The monoisotopic (exact) mass is 454 g/mol. The zero-order valence-electron chi connectivity index (χ0n) is 20.1. The van der Waals surface area contributed by atoms with Crippen LogP contribution in [0, 0.1) is 13.8 Å². The summed E-state index contributed by atoms with van der Waals surface area (Å²) < 4.78 is 12.4. The first-order valence-corrected chi connectivity index (χ1v) is 11.7. The molecule has 33 heavy (non-hydrogen) atoms. The van der Waals surface area contributed by atoms with Gasteiger partial charge >= 0.3 is 5.97 Å². The lowest BCUT2D eigenvalue weighted by atomic mass is 9.93. The van der Waals surface area contributed by atoms with Gasteiger partial charge in [0, 0.05) is 23.8 Å². The van der Waals surface area contributed by atoms with Crippen molar-refractivity contribution in [2.45, 2.75) is 65.5 Å². The van der Waals surface area contributed by atoms with E-state index in [2.05, 4.69) is 0 Å². The smallest absolute Gasteiger partial charge is 0.354 e. The molecule has 0 unspecified atom stereocenters. The third-order valence-corrected chi connectivity index (χ3v) is 6.50. The van der Waals surface area contributed by atoms with Crippen molar-refractivity contribution in [2.24, 2.45) is 0 Å². The molecule has 7 nitrogen and oxygen atoms in total. The number of Topliss-reactive ketones (excluding diaryl/α,β-unsaturated/α-hetero) is 1. The second-order valence-corrected chi connectivity index (χ2v) is 8.51. The first-order chi connectivity index (χ1) is 15.9. The molecule has 178 valence electrons. The minimum atomic E-state index is -0.465. The molecule has 0 spiro atoms. The van der Waals surface area contributed by atoms with Crippen LogP contribution in [0.2, 0.25) is 0 Å². The van der Waals surface area contributed by atoms with Crippen molar-refractivity contribution in [3.05, 3.63) is 52.8 Å². The summed E-state index contributed by atoms with van der Waals surface area (Å²) in [6, 6.07) is 9.21. The molecule has 0 bridgehead atoms. The molecule has 1 saturated carbocycles. The van der Waals surface area contributed by atoms with Gasteiger partial charge < -0.3 is 18.9 Å². The third-order valence-electron chi connectivity index (χ3n) is 6.50. The number of benzene rings is 1. The maximum Gasteiger partial charge on any atom is 0.354 e. The maximum atomic E-state index is 13.5. The quantitative estimate of drug-likeness (QED) is 0.416. The topological polar surface area (TPSA) is 77.8 Å². The number of ketones is 1. The summed E-state index contributed by atoms with van der Waals surface area (Å²) in [4.78, 5) is 40.8. The molecule has 1 aromatic carbocycles. The van der Waals surface area contributed by atoms with Gasteiger partial charge in [-0.05, 0) is 51.3 Å². The van der Waals surface area contributed by atoms with Gasteiger partial charge in [0.2, 0.25) is 0 Å². The lowest BCUT2D eigenvalue weighted by molar-refractivity contribution is -0.135. The van der Waals surface area contributed by atoms with Gasteiger partial charge in [-0.3, -0.25) is 9.59 Å². The van der Waals surface area contributed by atoms with E-state index in [1.54, 1.807) is 28.5 Å². The Bertz CT molecular complexity index is 990. The molecular formula is C26H34N2O5. The number of nitrogens with zero attached hydrogens (tertiary/aromatic N) is 2. The fourth-order valence-electron chi connectivity index (χ4n) is 4.85. The van der Waals surface area contributed by atoms with E-state index in [1.165, 1.54) is 7.11 Å². The molecule has 0 radical (unpaired) electrons. The number of aromatic nitrogens is 1. The van der Waals surface area contributed by atoms with Gasteiger partial charge in [-0.1, -0.05) is 37.5 Å². The van der Waals surface area contributed by atoms with Gasteiger partial charge in [0.05, 0.1) is 13.7 Å². The van der Waals surface area contributed by atoms with E-state index in [-0.39, 0.29) is 30.9 Å². The van der Waals surface area contributed by atoms with Crippen molar-refractivity contribution in [1.29, 1.82) is 0 Å². The summed E-state index contributed by atoms with van der Waals surface area (Å²) in [5, 5.41) is 0. The molecule has 1 aromatic heterocycles. The molecule has 2 aromatic rings.